The van der Waals surface area contributed by atoms with Gasteiger partial charge in [0.2, 0.25) is 0 Å². The minimum atomic E-state index is -0.525. The average molecular weight is 381 g/mol. The van der Waals surface area contributed by atoms with Crippen molar-refractivity contribution in [2.45, 2.75) is 33.3 Å². The second-order valence-electron chi connectivity index (χ2n) is 6.56. The molecular formula is C22H24N2O2S. The zero-order valence-corrected chi connectivity index (χ0v) is 16.7. The summed E-state index contributed by atoms with van der Waals surface area (Å²) < 4.78 is 5.68. The standard InChI is InChI=1S/C22H24N2O2S/c1-15-4-10-20(11-5-15)26-16(2)22(25)23-13-12-18-6-8-19(9-7-18)21-14-27-17(3)24-21/h4-11,14,16H,12-13H2,1-3H3,(H,23,25). The molecule has 1 amide bonds. The third-order valence-corrected chi connectivity index (χ3v) is 5.06. The largest absolute Gasteiger partial charge is 0.481 e. The summed E-state index contributed by atoms with van der Waals surface area (Å²) in [7, 11) is 0. The van der Waals surface area contributed by atoms with E-state index < -0.39 is 6.10 Å². The van der Waals surface area contributed by atoms with Crippen LogP contribution in [0.2, 0.25) is 0 Å². The zero-order chi connectivity index (χ0) is 19.2. The van der Waals surface area contributed by atoms with Crippen LogP contribution in [0, 0.1) is 13.8 Å². The molecular weight excluding hydrogens is 356 g/mol. The van der Waals surface area contributed by atoms with E-state index in [2.05, 4.69) is 39.9 Å². The van der Waals surface area contributed by atoms with Crippen molar-refractivity contribution >= 4 is 17.2 Å². The van der Waals surface area contributed by atoms with Gasteiger partial charge in [-0.3, -0.25) is 4.79 Å². The first-order valence-electron chi connectivity index (χ1n) is 9.04. The average Bonchev–Trinajstić information content (AvgIpc) is 3.10. The van der Waals surface area contributed by atoms with Crippen LogP contribution in [-0.4, -0.2) is 23.5 Å². The number of nitrogens with zero attached hydrogens (tertiary/aromatic N) is 1. The summed E-state index contributed by atoms with van der Waals surface area (Å²) >= 11 is 1.65. The van der Waals surface area contributed by atoms with E-state index in [0.29, 0.717) is 12.3 Å². The van der Waals surface area contributed by atoms with E-state index in [0.717, 1.165) is 28.2 Å². The van der Waals surface area contributed by atoms with E-state index in [-0.39, 0.29) is 5.91 Å². The molecule has 4 nitrogen and oxygen atoms in total. The molecule has 0 aliphatic rings. The number of hydrogen-bond donors (Lipinski definition) is 1. The van der Waals surface area contributed by atoms with Crippen LogP contribution in [-0.2, 0) is 11.2 Å². The SMILES string of the molecule is Cc1ccc(OC(C)C(=O)NCCc2ccc(-c3csc(C)n3)cc2)cc1. The van der Waals surface area contributed by atoms with Gasteiger partial charge >= 0.3 is 0 Å². The molecule has 0 spiro atoms. The van der Waals surface area contributed by atoms with Gasteiger partial charge in [0, 0.05) is 17.5 Å². The molecule has 0 saturated heterocycles. The third-order valence-electron chi connectivity index (χ3n) is 4.28. The molecule has 1 unspecified atom stereocenters. The Balaban J connectivity index is 1.46. The smallest absolute Gasteiger partial charge is 0.260 e. The maximum absolute atomic E-state index is 12.2. The Labute approximate surface area is 164 Å². The number of benzene rings is 2. The van der Waals surface area contributed by atoms with Crippen LogP contribution >= 0.6 is 11.3 Å². The van der Waals surface area contributed by atoms with Crippen molar-refractivity contribution < 1.29 is 9.53 Å². The molecule has 1 heterocycles. The van der Waals surface area contributed by atoms with E-state index in [1.54, 1.807) is 18.3 Å². The summed E-state index contributed by atoms with van der Waals surface area (Å²) in [6.07, 6.45) is 0.252. The fourth-order valence-corrected chi connectivity index (χ4v) is 3.31. The Bertz CT molecular complexity index is 885. The molecule has 0 fully saturated rings. The van der Waals surface area contributed by atoms with Gasteiger partial charge in [0.05, 0.1) is 10.7 Å². The number of aryl methyl sites for hydroxylation is 2. The lowest BCUT2D eigenvalue weighted by atomic mass is 10.1. The predicted octanol–water partition coefficient (Wildman–Crippen LogP) is 4.55. The molecule has 0 aliphatic carbocycles. The van der Waals surface area contributed by atoms with Gasteiger partial charge in [-0.25, -0.2) is 4.98 Å². The molecule has 0 bridgehead atoms. The lowest BCUT2D eigenvalue weighted by Crippen LogP contribution is -2.37. The second kappa shape index (κ2) is 8.82. The zero-order valence-electron chi connectivity index (χ0n) is 15.9. The second-order valence-corrected chi connectivity index (χ2v) is 7.63. The van der Waals surface area contributed by atoms with Crippen molar-refractivity contribution in [3.8, 4) is 17.0 Å². The normalized spacial score (nSPS) is 11.8. The molecule has 0 aliphatic heterocycles. The molecule has 3 aromatic rings. The Hall–Kier alpha value is -2.66. The van der Waals surface area contributed by atoms with Gasteiger partial charge in [-0.1, -0.05) is 42.0 Å². The summed E-state index contributed by atoms with van der Waals surface area (Å²) in [5.41, 5.74) is 4.47. The van der Waals surface area contributed by atoms with Crippen molar-refractivity contribution in [1.29, 1.82) is 0 Å². The first-order valence-corrected chi connectivity index (χ1v) is 9.92. The summed E-state index contributed by atoms with van der Waals surface area (Å²) in [4.78, 5) is 16.7. The number of amides is 1. The molecule has 27 heavy (non-hydrogen) atoms. The molecule has 1 N–H and O–H groups in total. The quantitative estimate of drug-likeness (QED) is 0.654. The topological polar surface area (TPSA) is 51.2 Å². The summed E-state index contributed by atoms with van der Waals surface area (Å²) in [6.45, 7) is 6.37. The summed E-state index contributed by atoms with van der Waals surface area (Å²) in [6, 6.07) is 16.0. The predicted molar refractivity (Wildman–Crippen MR) is 110 cm³/mol. The molecule has 1 aromatic heterocycles. The number of nitrogens with one attached hydrogen (secondary N) is 1. The van der Waals surface area contributed by atoms with E-state index >= 15 is 0 Å². The highest BCUT2D eigenvalue weighted by Gasteiger charge is 2.14. The van der Waals surface area contributed by atoms with E-state index in [1.807, 2.05) is 38.1 Å². The van der Waals surface area contributed by atoms with Gasteiger partial charge in [-0.15, -0.1) is 11.3 Å². The molecule has 3 rings (SSSR count). The highest BCUT2D eigenvalue weighted by molar-refractivity contribution is 7.09. The van der Waals surface area contributed by atoms with Gasteiger partial charge in [0.1, 0.15) is 5.75 Å². The molecule has 1 atom stereocenters. The van der Waals surface area contributed by atoms with Crippen LogP contribution in [0.5, 0.6) is 5.75 Å². The molecule has 140 valence electrons. The maximum atomic E-state index is 12.2. The lowest BCUT2D eigenvalue weighted by molar-refractivity contribution is -0.127. The Kier molecular flexibility index (Phi) is 6.24. The van der Waals surface area contributed by atoms with Gasteiger partial charge in [-0.2, -0.15) is 0 Å². The van der Waals surface area contributed by atoms with Gasteiger partial charge in [-0.05, 0) is 44.9 Å². The Morgan fingerprint density at radius 2 is 1.81 bits per heavy atom. The van der Waals surface area contributed by atoms with Crippen LogP contribution in [0.25, 0.3) is 11.3 Å². The van der Waals surface area contributed by atoms with Crippen molar-refractivity contribution in [1.82, 2.24) is 10.3 Å². The fourth-order valence-electron chi connectivity index (χ4n) is 2.69. The monoisotopic (exact) mass is 380 g/mol. The summed E-state index contributed by atoms with van der Waals surface area (Å²) in [5.74, 6) is 0.598. The Morgan fingerprint density at radius 1 is 1.11 bits per heavy atom. The Morgan fingerprint density at radius 3 is 2.44 bits per heavy atom. The van der Waals surface area contributed by atoms with Crippen LogP contribution in [0.15, 0.2) is 53.9 Å². The van der Waals surface area contributed by atoms with Gasteiger partial charge in [0.15, 0.2) is 6.10 Å². The van der Waals surface area contributed by atoms with E-state index in [9.17, 15) is 4.79 Å². The van der Waals surface area contributed by atoms with Crippen molar-refractivity contribution in [2.24, 2.45) is 0 Å². The van der Waals surface area contributed by atoms with Crippen LogP contribution in [0.1, 0.15) is 23.1 Å². The van der Waals surface area contributed by atoms with Crippen molar-refractivity contribution in [2.75, 3.05) is 6.54 Å². The van der Waals surface area contributed by atoms with Crippen molar-refractivity contribution in [3.63, 3.8) is 0 Å². The minimum absolute atomic E-state index is 0.106. The number of rotatable bonds is 7. The van der Waals surface area contributed by atoms with Crippen LogP contribution in [0.3, 0.4) is 0 Å². The fraction of sp³-hybridized carbons (Fsp3) is 0.273. The van der Waals surface area contributed by atoms with E-state index in [4.69, 9.17) is 4.74 Å². The molecule has 0 saturated carbocycles. The number of carbonyl (C=O) groups is 1. The minimum Gasteiger partial charge on any atom is -0.481 e. The van der Waals surface area contributed by atoms with Crippen LogP contribution < -0.4 is 10.1 Å². The number of hydrogen-bond acceptors (Lipinski definition) is 4. The van der Waals surface area contributed by atoms with Gasteiger partial charge in [0.25, 0.3) is 5.91 Å². The first-order chi connectivity index (χ1) is 13.0. The molecule has 0 radical (unpaired) electrons. The van der Waals surface area contributed by atoms with Gasteiger partial charge < -0.3 is 10.1 Å². The number of aromatic nitrogens is 1. The molecule has 5 heteroatoms. The number of carbonyl (C=O) groups excluding carboxylic acids is 1. The third kappa shape index (κ3) is 5.41. The molecule has 2 aromatic carbocycles. The number of thiazole rings is 1. The first kappa shape index (κ1) is 19.1. The lowest BCUT2D eigenvalue weighted by Gasteiger charge is -2.15. The highest BCUT2D eigenvalue weighted by Crippen LogP contribution is 2.21. The van der Waals surface area contributed by atoms with Crippen molar-refractivity contribution in [3.05, 3.63) is 70.0 Å². The van der Waals surface area contributed by atoms with E-state index in [1.165, 1.54) is 5.56 Å². The maximum Gasteiger partial charge on any atom is 0.260 e. The highest BCUT2D eigenvalue weighted by atomic mass is 32.1. The van der Waals surface area contributed by atoms with Crippen LogP contribution in [0.4, 0.5) is 0 Å². The number of ether oxygens (including phenoxy) is 1. The summed E-state index contributed by atoms with van der Waals surface area (Å²) in [5, 5.41) is 6.08.